The molecule has 0 unspecified atom stereocenters. The zero-order chi connectivity index (χ0) is 20.5. The normalized spacial score (nSPS) is 23.5. The zero-order valence-corrected chi connectivity index (χ0v) is 16.8. The van der Waals surface area contributed by atoms with E-state index in [1.54, 1.807) is 31.2 Å². The molecule has 0 aromatic heterocycles. The van der Waals surface area contributed by atoms with Gasteiger partial charge in [0.15, 0.2) is 15.3 Å². The van der Waals surface area contributed by atoms with Gasteiger partial charge in [-0.2, -0.15) is 5.26 Å². The van der Waals surface area contributed by atoms with Gasteiger partial charge in [-0.3, -0.25) is 4.79 Å². The number of methoxy groups -OCH3 is 1. The molecular weight excluding hydrogens is 402 g/mol. The maximum Gasteiger partial charge on any atom is 0.328 e. The lowest BCUT2D eigenvalue weighted by atomic mass is 10.0. The summed E-state index contributed by atoms with van der Waals surface area (Å²) in [6.07, 6.45) is 0. The van der Waals surface area contributed by atoms with Crippen molar-refractivity contribution in [2.45, 2.75) is 23.0 Å². The van der Waals surface area contributed by atoms with Gasteiger partial charge in [0.1, 0.15) is 11.0 Å². The maximum absolute atomic E-state index is 13.3. The standard InChI is InChI=1S/C20H18ClNO5S/c1-3-27-19(23)20(12-22)17(13-4-8-15(26-2)9-5-13)18(20)28(24,25)16-10-6-14(21)7-11-16/h4-11,17-18H,3H2,1-2H3/t17-,18-,20-/m0/s1. The van der Waals surface area contributed by atoms with Gasteiger partial charge in [0.05, 0.1) is 24.7 Å². The van der Waals surface area contributed by atoms with Crippen LogP contribution in [-0.2, 0) is 19.4 Å². The van der Waals surface area contributed by atoms with E-state index in [1.807, 2.05) is 6.07 Å². The second kappa shape index (κ2) is 7.46. The van der Waals surface area contributed by atoms with Crippen molar-refractivity contribution >= 4 is 27.4 Å². The van der Waals surface area contributed by atoms with Crippen LogP contribution in [0.1, 0.15) is 18.4 Å². The molecule has 2 aromatic carbocycles. The molecule has 0 aliphatic heterocycles. The lowest BCUT2D eigenvalue weighted by Crippen LogP contribution is -2.25. The van der Waals surface area contributed by atoms with Crippen molar-refractivity contribution in [1.82, 2.24) is 0 Å². The fourth-order valence-electron chi connectivity index (χ4n) is 3.47. The minimum atomic E-state index is -3.99. The molecule has 0 saturated heterocycles. The fourth-order valence-corrected chi connectivity index (χ4v) is 5.84. The van der Waals surface area contributed by atoms with Crippen molar-refractivity contribution in [2.24, 2.45) is 5.41 Å². The summed E-state index contributed by atoms with van der Waals surface area (Å²) in [6.45, 7) is 1.65. The van der Waals surface area contributed by atoms with Crippen LogP contribution in [-0.4, -0.2) is 33.4 Å². The number of hydrogen-bond donors (Lipinski definition) is 0. The molecule has 0 bridgehead atoms. The summed E-state index contributed by atoms with van der Waals surface area (Å²) in [7, 11) is -2.48. The SMILES string of the molecule is CCOC(=O)[C@@]1(C#N)[C@@H](c2ccc(OC)cc2)[C@@H]1S(=O)(=O)c1ccc(Cl)cc1. The second-order valence-electron chi connectivity index (χ2n) is 6.37. The highest BCUT2D eigenvalue weighted by molar-refractivity contribution is 7.92. The van der Waals surface area contributed by atoms with Gasteiger partial charge in [0.2, 0.25) is 0 Å². The van der Waals surface area contributed by atoms with Crippen LogP contribution >= 0.6 is 11.6 Å². The first-order valence-corrected chi connectivity index (χ1v) is 10.5. The predicted molar refractivity (Wildman–Crippen MR) is 103 cm³/mol. The average Bonchev–Trinajstić information content (AvgIpc) is 3.40. The molecule has 28 heavy (non-hydrogen) atoms. The van der Waals surface area contributed by atoms with Crippen LogP contribution in [0, 0.1) is 16.7 Å². The summed E-state index contributed by atoms with van der Waals surface area (Å²) in [6, 6.07) is 14.2. The number of carbonyl (C=O) groups is 1. The maximum atomic E-state index is 13.3. The number of benzene rings is 2. The summed E-state index contributed by atoms with van der Waals surface area (Å²) in [4.78, 5) is 12.7. The minimum Gasteiger partial charge on any atom is -0.497 e. The number of ether oxygens (including phenoxy) is 2. The number of carbonyl (C=O) groups excluding carboxylic acids is 1. The molecule has 3 rings (SSSR count). The Labute approximate surface area is 168 Å². The van der Waals surface area contributed by atoms with Gasteiger partial charge in [-0.05, 0) is 48.9 Å². The lowest BCUT2D eigenvalue weighted by Gasteiger charge is -2.09. The zero-order valence-electron chi connectivity index (χ0n) is 15.3. The van der Waals surface area contributed by atoms with E-state index in [-0.39, 0.29) is 11.5 Å². The van der Waals surface area contributed by atoms with Gasteiger partial charge in [-0.25, -0.2) is 8.42 Å². The Morgan fingerprint density at radius 3 is 2.29 bits per heavy atom. The third kappa shape index (κ3) is 3.13. The van der Waals surface area contributed by atoms with Crippen molar-refractivity contribution < 1.29 is 22.7 Å². The van der Waals surface area contributed by atoms with Gasteiger partial charge < -0.3 is 9.47 Å². The molecule has 0 amide bonds. The molecule has 8 heteroatoms. The van der Waals surface area contributed by atoms with Crippen molar-refractivity contribution in [2.75, 3.05) is 13.7 Å². The monoisotopic (exact) mass is 419 g/mol. The number of nitrogens with zero attached hydrogens (tertiary/aromatic N) is 1. The molecule has 0 N–H and O–H groups in total. The van der Waals surface area contributed by atoms with E-state index < -0.39 is 32.4 Å². The first-order valence-electron chi connectivity index (χ1n) is 8.54. The number of nitriles is 1. The first kappa shape index (κ1) is 20.2. The summed E-state index contributed by atoms with van der Waals surface area (Å²) in [5.74, 6) is -1.09. The number of hydrogen-bond acceptors (Lipinski definition) is 6. The van der Waals surface area contributed by atoms with E-state index in [1.165, 1.54) is 31.4 Å². The largest absolute Gasteiger partial charge is 0.497 e. The highest BCUT2D eigenvalue weighted by Crippen LogP contribution is 2.64. The number of esters is 1. The van der Waals surface area contributed by atoms with Crippen molar-refractivity contribution in [3.05, 3.63) is 59.1 Å². The Morgan fingerprint density at radius 2 is 1.79 bits per heavy atom. The summed E-state index contributed by atoms with van der Waals surface area (Å²) < 4.78 is 36.7. The second-order valence-corrected chi connectivity index (χ2v) is 8.88. The van der Waals surface area contributed by atoms with Gasteiger partial charge in [0.25, 0.3) is 0 Å². The Hall–Kier alpha value is -2.56. The third-order valence-electron chi connectivity index (χ3n) is 4.88. The van der Waals surface area contributed by atoms with Crippen LogP contribution in [0.15, 0.2) is 53.4 Å². The molecule has 1 saturated carbocycles. The van der Waals surface area contributed by atoms with Crippen molar-refractivity contribution in [3.63, 3.8) is 0 Å². The summed E-state index contributed by atoms with van der Waals surface area (Å²) in [5.41, 5.74) is -1.25. The lowest BCUT2D eigenvalue weighted by molar-refractivity contribution is -0.147. The quantitative estimate of drug-likeness (QED) is 0.666. The highest BCUT2D eigenvalue weighted by Gasteiger charge is 2.77. The molecule has 1 aliphatic carbocycles. The topological polar surface area (TPSA) is 93.5 Å². The average molecular weight is 420 g/mol. The summed E-state index contributed by atoms with van der Waals surface area (Å²) >= 11 is 5.85. The first-order chi connectivity index (χ1) is 13.3. The van der Waals surface area contributed by atoms with Crippen LogP contribution in [0.25, 0.3) is 0 Å². The highest BCUT2D eigenvalue weighted by atomic mass is 35.5. The number of sulfone groups is 1. The van der Waals surface area contributed by atoms with Crippen LogP contribution < -0.4 is 4.74 Å². The number of halogens is 1. The van der Waals surface area contributed by atoms with Gasteiger partial charge in [0, 0.05) is 10.9 Å². The van der Waals surface area contributed by atoms with E-state index in [4.69, 9.17) is 21.1 Å². The molecule has 6 nitrogen and oxygen atoms in total. The third-order valence-corrected chi connectivity index (χ3v) is 7.38. The van der Waals surface area contributed by atoms with E-state index in [0.717, 1.165) is 0 Å². The molecule has 0 spiro atoms. The Kier molecular flexibility index (Phi) is 5.37. The smallest absolute Gasteiger partial charge is 0.328 e. The molecule has 1 aliphatic rings. The van der Waals surface area contributed by atoms with Gasteiger partial charge in [-0.15, -0.1) is 0 Å². The van der Waals surface area contributed by atoms with E-state index in [9.17, 15) is 18.5 Å². The molecule has 2 aromatic rings. The molecular formula is C20H18ClNO5S. The molecule has 3 atom stereocenters. The van der Waals surface area contributed by atoms with E-state index >= 15 is 0 Å². The molecule has 1 fully saturated rings. The minimum absolute atomic E-state index is 0.00170. The number of rotatable bonds is 6. The van der Waals surface area contributed by atoms with Crippen LogP contribution in [0.4, 0.5) is 0 Å². The molecule has 0 heterocycles. The summed E-state index contributed by atoms with van der Waals surface area (Å²) in [5, 5.41) is 8.99. The molecule has 146 valence electrons. The van der Waals surface area contributed by atoms with E-state index in [0.29, 0.717) is 16.3 Å². The predicted octanol–water partition coefficient (Wildman–Crippen LogP) is 3.36. The molecule has 0 radical (unpaired) electrons. The Morgan fingerprint density at radius 1 is 1.18 bits per heavy atom. The van der Waals surface area contributed by atoms with Gasteiger partial charge >= 0.3 is 5.97 Å². The van der Waals surface area contributed by atoms with Crippen molar-refractivity contribution in [3.8, 4) is 11.8 Å². The van der Waals surface area contributed by atoms with Crippen LogP contribution in [0.3, 0.4) is 0 Å². The van der Waals surface area contributed by atoms with Crippen LogP contribution in [0.5, 0.6) is 5.75 Å². The van der Waals surface area contributed by atoms with Crippen LogP contribution in [0.2, 0.25) is 5.02 Å². The van der Waals surface area contributed by atoms with Crippen molar-refractivity contribution in [1.29, 1.82) is 5.26 Å². The fraction of sp³-hybridized carbons (Fsp3) is 0.300. The Bertz CT molecular complexity index is 1030. The Balaban J connectivity index is 2.11. The van der Waals surface area contributed by atoms with E-state index in [2.05, 4.69) is 0 Å². The van der Waals surface area contributed by atoms with Gasteiger partial charge in [-0.1, -0.05) is 23.7 Å².